The van der Waals surface area contributed by atoms with Gasteiger partial charge in [-0.3, -0.25) is 0 Å². The molecule has 4 heteroatoms. The van der Waals surface area contributed by atoms with Gasteiger partial charge in [-0.05, 0) is 32.4 Å². The van der Waals surface area contributed by atoms with Crippen LogP contribution in [0.3, 0.4) is 0 Å². The fourth-order valence-electron chi connectivity index (χ4n) is 2.23. The van der Waals surface area contributed by atoms with Crippen molar-refractivity contribution in [1.29, 1.82) is 5.26 Å². The van der Waals surface area contributed by atoms with Gasteiger partial charge in [0.15, 0.2) is 0 Å². The van der Waals surface area contributed by atoms with Gasteiger partial charge in [0, 0.05) is 17.2 Å². The van der Waals surface area contributed by atoms with E-state index in [-0.39, 0.29) is 22.6 Å². The summed E-state index contributed by atoms with van der Waals surface area (Å²) in [6.07, 6.45) is 1.95. The van der Waals surface area contributed by atoms with Crippen LogP contribution in [0.15, 0.2) is 12.1 Å². The second-order valence-corrected chi connectivity index (χ2v) is 4.36. The first-order valence-electron chi connectivity index (χ1n) is 5.28. The smallest absolute Gasteiger partial charge is 0.137 e. The molecule has 1 aliphatic heterocycles. The first-order chi connectivity index (χ1) is 7.57. The number of rotatable bonds is 1. The van der Waals surface area contributed by atoms with E-state index >= 15 is 0 Å². The normalized spacial score (nSPS) is 24.2. The zero-order chi connectivity index (χ0) is 11.8. The van der Waals surface area contributed by atoms with Crippen molar-refractivity contribution in [3.05, 3.63) is 23.3 Å². The van der Waals surface area contributed by atoms with Crippen LogP contribution in [-0.2, 0) is 5.54 Å². The SMILES string of the molecule is CC1(c2cc(C#N)c(O)cc2O)CCCN1. The van der Waals surface area contributed by atoms with Crippen molar-refractivity contribution < 1.29 is 10.2 Å². The molecule has 1 atom stereocenters. The summed E-state index contributed by atoms with van der Waals surface area (Å²) in [5, 5.41) is 31.4. The monoisotopic (exact) mass is 218 g/mol. The average Bonchev–Trinajstić information content (AvgIpc) is 2.66. The minimum atomic E-state index is -0.302. The average molecular weight is 218 g/mol. The number of aromatic hydroxyl groups is 2. The summed E-state index contributed by atoms with van der Waals surface area (Å²) in [4.78, 5) is 0. The molecule has 1 unspecified atom stereocenters. The second kappa shape index (κ2) is 3.69. The van der Waals surface area contributed by atoms with Gasteiger partial charge in [-0.25, -0.2) is 0 Å². The molecule has 1 aliphatic rings. The summed E-state index contributed by atoms with van der Waals surface area (Å²) >= 11 is 0. The number of benzene rings is 1. The minimum Gasteiger partial charge on any atom is -0.507 e. The predicted octanol–water partition coefficient (Wildman–Crippen LogP) is 1.57. The molecule has 0 saturated carbocycles. The summed E-state index contributed by atoms with van der Waals surface area (Å²) < 4.78 is 0. The van der Waals surface area contributed by atoms with Crippen LogP contribution in [0.1, 0.15) is 30.9 Å². The molecule has 1 heterocycles. The van der Waals surface area contributed by atoms with Gasteiger partial charge in [-0.2, -0.15) is 5.26 Å². The highest BCUT2D eigenvalue weighted by Gasteiger charge is 2.33. The van der Waals surface area contributed by atoms with Crippen LogP contribution in [-0.4, -0.2) is 16.8 Å². The third-order valence-electron chi connectivity index (χ3n) is 3.20. The number of nitrogens with one attached hydrogen (secondary N) is 1. The Morgan fingerprint density at radius 2 is 2.12 bits per heavy atom. The van der Waals surface area contributed by atoms with E-state index in [4.69, 9.17) is 5.26 Å². The van der Waals surface area contributed by atoms with Crippen LogP contribution < -0.4 is 5.32 Å². The van der Waals surface area contributed by atoms with Gasteiger partial charge in [0.1, 0.15) is 17.6 Å². The molecule has 16 heavy (non-hydrogen) atoms. The van der Waals surface area contributed by atoms with Gasteiger partial charge in [0.05, 0.1) is 5.56 Å². The zero-order valence-corrected chi connectivity index (χ0v) is 9.12. The molecule has 0 aromatic heterocycles. The molecule has 2 rings (SSSR count). The van der Waals surface area contributed by atoms with Gasteiger partial charge in [0.25, 0.3) is 0 Å². The maximum absolute atomic E-state index is 9.83. The lowest BCUT2D eigenvalue weighted by atomic mass is 9.88. The lowest BCUT2D eigenvalue weighted by molar-refractivity contribution is 0.389. The number of hydrogen-bond acceptors (Lipinski definition) is 4. The van der Waals surface area contributed by atoms with Gasteiger partial charge < -0.3 is 15.5 Å². The topological polar surface area (TPSA) is 76.3 Å². The summed E-state index contributed by atoms with van der Waals surface area (Å²) in [5.74, 6) is -0.140. The Morgan fingerprint density at radius 3 is 2.69 bits per heavy atom. The standard InChI is InChI=1S/C12H14N2O2/c1-12(3-2-4-14-12)9-5-8(7-13)10(15)6-11(9)16/h5-6,14-16H,2-4H2,1H3. The summed E-state index contributed by atoms with van der Waals surface area (Å²) in [6.45, 7) is 2.89. The van der Waals surface area contributed by atoms with E-state index in [1.165, 1.54) is 6.07 Å². The van der Waals surface area contributed by atoms with Crippen molar-refractivity contribution in [2.75, 3.05) is 6.54 Å². The molecular formula is C12H14N2O2. The molecular weight excluding hydrogens is 204 g/mol. The molecule has 4 nitrogen and oxygen atoms in total. The van der Waals surface area contributed by atoms with E-state index in [1.54, 1.807) is 6.07 Å². The summed E-state index contributed by atoms with van der Waals surface area (Å²) in [5.41, 5.74) is 0.575. The minimum absolute atomic E-state index is 0.0356. The lowest BCUT2D eigenvalue weighted by Crippen LogP contribution is -2.33. The highest BCUT2D eigenvalue weighted by Crippen LogP contribution is 2.38. The van der Waals surface area contributed by atoms with Crippen molar-refractivity contribution in [3.63, 3.8) is 0 Å². The Kier molecular flexibility index (Phi) is 2.49. The van der Waals surface area contributed by atoms with Crippen molar-refractivity contribution >= 4 is 0 Å². The number of phenols is 2. The Morgan fingerprint density at radius 1 is 1.38 bits per heavy atom. The molecule has 1 fully saturated rings. The van der Waals surface area contributed by atoms with Crippen molar-refractivity contribution in [2.24, 2.45) is 0 Å². The Bertz CT molecular complexity index is 457. The summed E-state index contributed by atoms with van der Waals surface area (Å²) in [6, 6.07) is 4.71. The quantitative estimate of drug-likeness (QED) is 0.668. The molecule has 0 aliphatic carbocycles. The molecule has 1 saturated heterocycles. The molecule has 0 bridgehead atoms. The second-order valence-electron chi connectivity index (χ2n) is 4.36. The van der Waals surface area contributed by atoms with E-state index in [1.807, 2.05) is 13.0 Å². The van der Waals surface area contributed by atoms with Crippen molar-refractivity contribution in [3.8, 4) is 17.6 Å². The Balaban J connectivity index is 2.53. The van der Waals surface area contributed by atoms with Crippen LogP contribution in [0.5, 0.6) is 11.5 Å². The maximum Gasteiger partial charge on any atom is 0.137 e. The third kappa shape index (κ3) is 1.59. The number of phenolic OH excluding ortho intramolecular Hbond substituents is 2. The zero-order valence-electron chi connectivity index (χ0n) is 9.12. The van der Waals surface area contributed by atoms with Crippen LogP contribution in [0, 0.1) is 11.3 Å². The number of nitriles is 1. The van der Waals surface area contributed by atoms with Gasteiger partial charge >= 0.3 is 0 Å². The van der Waals surface area contributed by atoms with E-state index < -0.39 is 0 Å². The highest BCUT2D eigenvalue weighted by atomic mass is 16.3. The van der Waals surface area contributed by atoms with Crippen molar-refractivity contribution in [1.82, 2.24) is 5.32 Å². The van der Waals surface area contributed by atoms with E-state index in [9.17, 15) is 10.2 Å². The Hall–Kier alpha value is -1.73. The molecule has 0 radical (unpaired) electrons. The van der Waals surface area contributed by atoms with E-state index in [0.717, 1.165) is 19.4 Å². The first kappa shape index (κ1) is 10.8. The Labute approximate surface area is 94.1 Å². The molecule has 3 N–H and O–H groups in total. The van der Waals surface area contributed by atoms with E-state index in [2.05, 4.69) is 5.32 Å². The van der Waals surface area contributed by atoms with Crippen LogP contribution >= 0.6 is 0 Å². The molecule has 0 amide bonds. The maximum atomic E-state index is 9.83. The number of nitrogens with zero attached hydrogens (tertiary/aromatic N) is 1. The lowest BCUT2D eigenvalue weighted by Gasteiger charge is -2.26. The van der Waals surface area contributed by atoms with Gasteiger partial charge in [-0.15, -0.1) is 0 Å². The molecule has 1 aromatic rings. The molecule has 0 spiro atoms. The predicted molar refractivity (Wildman–Crippen MR) is 59.1 cm³/mol. The van der Waals surface area contributed by atoms with Crippen molar-refractivity contribution in [2.45, 2.75) is 25.3 Å². The van der Waals surface area contributed by atoms with E-state index in [0.29, 0.717) is 5.56 Å². The highest BCUT2D eigenvalue weighted by molar-refractivity contribution is 5.53. The molecule has 1 aromatic carbocycles. The summed E-state index contributed by atoms with van der Waals surface area (Å²) in [7, 11) is 0. The largest absolute Gasteiger partial charge is 0.507 e. The number of hydrogen-bond donors (Lipinski definition) is 3. The van der Waals surface area contributed by atoms with Gasteiger partial charge in [0.2, 0.25) is 0 Å². The fourth-order valence-corrected chi connectivity index (χ4v) is 2.23. The van der Waals surface area contributed by atoms with Crippen LogP contribution in [0.4, 0.5) is 0 Å². The fraction of sp³-hybridized carbons (Fsp3) is 0.417. The van der Waals surface area contributed by atoms with Gasteiger partial charge in [-0.1, -0.05) is 0 Å². The molecule has 84 valence electrons. The van der Waals surface area contributed by atoms with Crippen LogP contribution in [0.25, 0.3) is 0 Å². The third-order valence-corrected chi connectivity index (χ3v) is 3.20. The first-order valence-corrected chi connectivity index (χ1v) is 5.28. The van der Waals surface area contributed by atoms with Crippen LogP contribution in [0.2, 0.25) is 0 Å².